The molecule has 3 N–H and O–H groups in total. The molecular formula is C77H151NO5. The molecule has 0 aliphatic rings. The Balaban J connectivity index is 3.37. The predicted octanol–water partition coefficient (Wildman–Crippen LogP) is 25.1. The van der Waals surface area contributed by atoms with Gasteiger partial charge in [-0.2, -0.15) is 0 Å². The molecule has 2 unspecified atom stereocenters. The van der Waals surface area contributed by atoms with Crippen molar-refractivity contribution in [3.8, 4) is 0 Å². The lowest BCUT2D eigenvalue weighted by Crippen LogP contribution is -2.45. The average molecular weight is 1170 g/mol. The lowest BCUT2D eigenvalue weighted by Gasteiger charge is -2.20. The third-order valence-corrected chi connectivity index (χ3v) is 18.3. The molecule has 2 atom stereocenters. The average Bonchev–Trinajstić information content (AvgIpc) is 3.49. The maximum absolute atomic E-state index is 12.6. The zero-order valence-electron chi connectivity index (χ0n) is 56.7. The van der Waals surface area contributed by atoms with Gasteiger partial charge in [0.25, 0.3) is 0 Å². The molecule has 0 aromatic rings. The third kappa shape index (κ3) is 69.6. The van der Waals surface area contributed by atoms with Crippen LogP contribution in [-0.4, -0.2) is 47.4 Å². The predicted molar refractivity (Wildman–Crippen MR) is 366 cm³/mol. The van der Waals surface area contributed by atoms with Gasteiger partial charge >= 0.3 is 5.97 Å². The molecule has 6 heteroatoms. The van der Waals surface area contributed by atoms with Gasteiger partial charge < -0.3 is 20.3 Å². The van der Waals surface area contributed by atoms with Crippen molar-refractivity contribution in [1.29, 1.82) is 0 Å². The zero-order valence-corrected chi connectivity index (χ0v) is 56.7. The van der Waals surface area contributed by atoms with E-state index in [0.717, 1.165) is 38.5 Å². The number of unbranched alkanes of at least 4 members (excludes halogenated alkanes) is 62. The smallest absolute Gasteiger partial charge is 0.305 e. The fourth-order valence-electron chi connectivity index (χ4n) is 12.5. The van der Waals surface area contributed by atoms with Crippen LogP contribution in [0.2, 0.25) is 0 Å². The summed E-state index contributed by atoms with van der Waals surface area (Å²) in [4.78, 5) is 24.6. The molecule has 0 bridgehead atoms. The Morgan fingerprint density at radius 1 is 0.325 bits per heavy atom. The van der Waals surface area contributed by atoms with E-state index in [9.17, 15) is 19.8 Å². The second-order valence-electron chi connectivity index (χ2n) is 26.7. The quantitative estimate of drug-likeness (QED) is 0.0320. The molecular weight excluding hydrogens is 1020 g/mol. The van der Waals surface area contributed by atoms with Crippen molar-refractivity contribution in [1.82, 2.24) is 5.32 Å². The van der Waals surface area contributed by atoms with Crippen LogP contribution in [0.25, 0.3) is 0 Å². The number of allylic oxidation sites excluding steroid dienone is 1. The molecule has 0 saturated carbocycles. The van der Waals surface area contributed by atoms with Gasteiger partial charge in [-0.15, -0.1) is 0 Å². The Labute approximate surface area is 520 Å². The highest BCUT2D eigenvalue weighted by atomic mass is 16.5. The van der Waals surface area contributed by atoms with E-state index in [-0.39, 0.29) is 18.5 Å². The van der Waals surface area contributed by atoms with E-state index in [0.29, 0.717) is 19.4 Å². The number of rotatable bonds is 73. The fourth-order valence-corrected chi connectivity index (χ4v) is 12.5. The molecule has 6 nitrogen and oxygen atoms in total. The van der Waals surface area contributed by atoms with Crippen molar-refractivity contribution < 1.29 is 24.5 Å². The van der Waals surface area contributed by atoms with E-state index >= 15 is 0 Å². The van der Waals surface area contributed by atoms with Gasteiger partial charge in [0.2, 0.25) is 5.91 Å². The van der Waals surface area contributed by atoms with Gasteiger partial charge in [0, 0.05) is 12.8 Å². The lowest BCUT2D eigenvalue weighted by atomic mass is 10.0. The zero-order chi connectivity index (χ0) is 59.9. The molecule has 83 heavy (non-hydrogen) atoms. The molecule has 0 spiro atoms. The van der Waals surface area contributed by atoms with Gasteiger partial charge in [-0.3, -0.25) is 9.59 Å². The summed E-state index contributed by atoms with van der Waals surface area (Å²) in [7, 11) is 0. The van der Waals surface area contributed by atoms with Crippen LogP contribution >= 0.6 is 0 Å². The van der Waals surface area contributed by atoms with Crippen molar-refractivity contribution in [3.63, 3.8) is 0 Å². The van der Waals surface area contributed by atoms with E-state index in [1.807, 2.05) is 6.08 Å². The van der Waals surface area contributed by atoms with E-state index in [1.54, 1.807) is 6.08 Å². The number of carbonyl (C=O) groups is 2. The molecule has 0 heterocycles. The first-order chi connectivity index (χ1) is 41.0. The van der Waals surface area contributed by atoms with Gasteiger partial charge in [-0.1, -0.05) is 411 Å². The first-order valence-electron chi connectivity index (χ1n) is 38.5. The van der Waals surface area contributed by atoms with Gasteiger partial charge in [0.1, 0.15) is 0 Å². The van der Waals surface area contributed by atoms with Crippen LogP contribution in [0, 0.1) is 0 Å². The Kier molecular flexibility index (Phi) is 71.8. The summed E-state index contributed by atoms with van der Waals surface area (Å²) in [5.41, 5.74) is 0. The van der Waals surface area contributed by atoms with Crippen LogP contribution in [0.15, 0.2) is 12.2 Å². The maximum Gasteiger partial charge on any atom is 0.305 e. The van der Waals surface area contributed by atoms with Crippen molar-refractivity contribution in [2.45, 2.75) is 456 Å². The lowest BCUT2D eigenvalue weighted by molar-refractivity contribution is -0.143. The van der Waals surface area contributed by atoms with Crippen molar-refractivity contribution in [2.24, 2.45) is 0 Å². The number of esters is 1. The Morgan fingerprint density at radius 2 is 0.554 bits per heavy atom. The molecule has 0 saturated heterocycles. The molecule has 494 valence electrons. The highest BCUT2D eigenvalue weighted by Gasteiger charge is 2.18. The Bertz CT molecular complexity index is 1260. The van der Waals surface area contributed by atoms with Crippen LogP contribution in [0.1, 0.15) is 444 Å². The molecule has 0 aromatic heterocycles. The normalized spacial score (nSPS) is 12.5. The number of hydrogen-bond donors (Lipinski definition) is 3. The number of nitrogens with one attached hydrogen (secondary N) is 1. The summed E-state index contributed by atoms with van der Waals surface area (Å²) in [6.07, 6.45) is 91.7. The van der Waals surface area contributed by atoms with Crippen LogP contribution in [0.5, 0.6) is 0 Å². The third-order valence-electron chi connectivity index (χ3n) is 18.3. The first kappa shape index (κ1) is 81.6. The summed E-state index contributed by atoms with van der Waals surface area (Å²) in [5, 5.41) is 23.3. The first-order valence-corrected chi connectivity index (χ1v) is 38.5. The Morgan fingerprint density at radius 3 is 0.819 bits per heavy atom. The number of carbonyl (C=O) groups excluding carboxylic acids is 2. The molecule has 0 aliphatic carbocycles. The van der Waals surface area contributed by atoms with Crippen LogP contribution < -0.4 is 5.32 Å². The Hall–Kier alpha value is -1.40. The minimum absolute atomic E-state index is 0.0211. The molecule has 0 aliphatic heterocycles. The number of amides is 1. The van der Waals surface area contributed by atoms with E-state index in [4.69, 9.17) is 4.74 Å². The van der Waals surface area contributed by atoms with Crippen molar-refractivity contribution in [3.05, 3.63) is 12.2 Å². The summed E-state index contributed by atoms with van der Waals surface area (Å²) in [6.45, 7) is 4.96. The van der Waals surface area contributed by atoms with Crippen LogP contribution in [0.3, 0.4) is 0 Å². The molecule has 0 fully saturated rings. The summed E-state index contributed by atoms with van der Waals surface area (Å²) < 4.78 is 5.50. The topological polar surface area (TPSA) is 95.9 Å². The number of hydrogen-bond acceptors (Lipinski definition) is 5. The van der Waals surface area contributed by atoms with Gasteiger partial charge in [0.15, 0.2) is 0 Å². The van der Waals surface area contributed by atoms with Crippen molar-refractivity contribution in [2.75, 3.05) is 13.2 Å². The second-order valence-corrected chi connectivity index (χ2v) is 26.7. The highest BCUT2D eigenvalue weighted by molar-refractivity contribution is 5.76. The largest absolute Gasteiger partial charge is 0.466 e. The van der Waals surface area contributed by atoms with Crippen molar-refractivity contribution >= 4 is 11.9 Å². The summed E-state index contributed by atoms with van der Waals surface area (Å²) >= 11 is 0. The molecule has 0 aromatic carbocycles. The van der Waals surface area contributed by atoms with Crippen LogP contribution in [-0.2, 0) is 14.3 Å². The summed E-state index contributed by atoms with van der Waals surface area (Å²) in [5.74, 6) is -0.0388. The monoisotopic (exact) mass is 1170 g/mol. The van der Waals surface area contributed by atoms with Crippen LogP contribution in [0.4, 0.5) is 0 Å². The number of ether oxygens (including phenoxy) is 1. The minimum Gasteiger partial charge on any atom is -0.466 e. The molecule has 1 amide bonds. The SMILES string of the molecule is CCCCCCCCCCCCCCCCCCCCCCCCC/C=C/C(O)C(CO)NC(=O)CCCCCCCCCCCCCCCCCCCCCCCCCCCCOC(=O)CCCCCCCCCCCCCCCCC. The van der Waals surface area contributed by atoms with Gasteiger partial charge in [-0.25, -0.2) is 0 Å². The molecule has 0 rings (SSSR count). The van der Waals surface area contributed by atoms with E-state index < -0.39 is 12.1 Å². The highest BCUT2D eigenvalue weighted by Crippen LogP contribution is 2.20. The summed E-state index contributed by atoms with van der Waals surface area (Å²) in [6, 6.07) is -0.627. The van der Waals surface area contributed by atoms with E-state index in [2.05, 4.69) is 19.2 Å². The number of aliphatic hydroxyl groups is 2. The van der Waals surface area contributed by atoms with E-state index in [1.165, 1.54) is 379 Å². The fraction of sp³-hybridized carbons (Fsp3) is 0.948. The molecule has 0 radical (unpaired) electrons. The second kappa shape index (κ2) is 73.1. The maximum atomic E-state index is 12.6. The van der Waals surface area contributed by atoms with Gasteiger partial charge in [0.05, 0.1) is 25.4 Å². The van der Waals surface area contributed by atoms with Gasteiger partial charge in [-0.05, 0) is 32.1 Å². The standard InChI is InChI=1S/C77H151NO5/c1-3-5-7-9-11-13-15-17-19-20-21-22-23-26-29-32-35-38-42-45-49-53-57-61-65-69-75(80)74(73-79)78-76(81)70-66-62-58-54-50-46-43-39-36-33-30-27-24-25-28-31-34-37-40-44-48-52-56-60-64-68-72-83-77(82)71-67-63-59-55-51-47-41-18-16-14-12-10-8-6-4-2/h65,69,74-75,79-80H,3-64,66-68,70-73H2,1-2H3,(H,78,81)/b69-65+. The number of aliphatic hydroxyl groups excluding tert-OH is 2. The minimum atomic E-state index is -0.844.